The molecule has 0 unspecified atom stereocenters. The quantitative estimate of drug-likeness (QED) is 0.611. The molecule has 0 heterocycles. The summed E-state index contributed by atoms with van der Waals surface area (Å²) in [5, 5.41) is 0. The van der Waals surface area contributed by atoms with Gasteiger partial charge in [0.25, 0.3) is 0 Å². The lowest BCUT2D eigenvalue weighted by atomic mass is 9.97. The second-order valence-corrected chi connectivity index (χ2v) is 7.86. The van der Waals surface area contributed by atoms with Crippen LogP contribution in [0.25, 0.3) is 0 Å². The normalized spacial score (nSPS) is 11.7. The van der Waals surface area contributed by atoms with Crippen LogP contribution in [0, 0.1) is 17.8 Å². The highest BCUT2D eigenvalue weighted by Crippen LogP contribution is 2.37. The number of aryl methyl sites for hydroxylation is 1. The summed E-state index contributed by atoms with van der Waals surface area (Å²) < 4.78 is 15.6. The molecule has 0 aliphatic heterocycles. The molecule has 138 valence electrons. The maximum atomic E-state index is 12.3. The molecular weight excluding hydrogens is 324 g/mol. The van der Waals surface area contributed by atoms with Crippen molar-refractivity contribution in [2.24, 2.45) is 10.8 Å². The van der Waals surface area contributed by atoms with E-state index in [9.17, 15) is 14.4 Å². The number of carbonyl (C=O) groups excluding carboxylic acids is 3. The standard InChI is InChI=1S/C19H26O6/c1-11-9-10-12(24-16(21)18(2,3)4)14(13(11)15(20)23-8)25-17(22)19(5,6)7/h9-10H,1-8H3. The number of carbonyl (C=O) groups is 3. The Morgan fingerprint density at radius 3 is 1.76 bits per heavy atom. The Morgan fingerprint density at radius 2 is 1.32 bits per heavy atom. The predicted octanol–water partition coefficient (Wildman–Crippen LogP) is 3.68. The van der Waals surface area contributed by atoms with Gasteiger partial charge in [0.15, 0.2) is 11.5 Å². The van der Waals surface area contributed by atoms with Crippen LogP contribution in [0.1, 0.15) is 57.5 Å². The van der Waals surface area contributed by atoms with Crippen molar-refractivity contribution in [3.8, 4) is 11.5 Å². The summed E-state index contributed by atoms with van der Waals surface area (Å²) in [6, 6.07) is 3.10. The van der Waals surface area contributed by atoms with E-state index in [-0.39, 0.29) is 17.1 Å². The van der Waals surface area contributed by atoms with E-state index < -0.39 is 28.7 Å². The Hall–Kier alpha value is -2.37. The number of hydrogen-bond donors (Lipinski definition) is 0. The molecule has 0 N–H and O–H groups in total. The van der Waals surface area contributed by atoms with E-state index in [1.165, 1.54) is 13.2 Å². The molecule has 6 heteroatoms. The van der Waals surface area contributed by atoms with Gasteiger partial charge in [-0.1, -0.05) is 6.07 Å². The largest absolute Gasteiger partial charge is 0.465 e. The molecule has 0 fully saturated rings. The third-order valence-corrected chi connectivity index (χ3v) is 3.34. The first-order valence-corrected chi connectivity index (χ1v) is 7.95. The van der Waals surface area contributed by atoms with E-state index in [1.807, 2.05) is 0 Å². The van der Waals surface area contributed by atoms with Crippen LogP contribution >= 0.6 is 0 Å². The monoisotopic (exact) mass is 350 g/mol. The minimum Gasteiger partial charge on any atom is -0.465 e. The lowest BCUT2D eigenvalue weighted by Gasteiger charge is -2.22. The van der Waals surface area contributed by atoms with Crippen molar-refractivity contribution >= 4 is 17.9 Å². The number of methoxy groups -OCH3 is 1. The molecule has 0 atom stereocenters. The molecule has 0 aromatic heterocycles. The average molecular weight is 350 g/mol. The van der Waals surface area contributed by atoms with Gasteiger partial charge in [0.2, 0.25) is 0 Å². The van der Waals surface area contributed by atoms with Crippen LogP contribution in [-0.2, 0) is 14.3 Å². The third kappa shape index (κ3) is 5.05. The van der Waals surface area contributed by atoms with Crippen molar-refractivity contribution in [1.29, 1.82) is 0 Å². The fraction of sp³-hybridized carbons (Fsp3) is 0.526. The van der Waals surface area contributed by atoms with Gasteiger partial charge >= 0.3 is 17.9 Å². The van der Waals surface area contributed by atoms with E-state index in [0.29, 0.717) is 5.56 Å². The van der Waals surface area contributed by atoms with Gasteiger partial charge in [-0.2, -0.15) is 0 Å². The highest BCUT2D eigenvalue weighted by atomic mass is 16.6. The summed E-state index contributed by atoms with van der Waals surface area (Å²) in [5.74, 6) is -1.85. The first kappa shape index (κ1) is 20.7. The molecule has 0 saturated heterocycles. The smallest absolute Gasteiger partial charge is 0.342 e. The number of rotatable bonds is 3. The van der Waals surface area contributed by atoms with Gasteiger partial charge < -0.3 is 14.2 Å². The average Bonchev–Trinajstić information content (AvgIpc) is 2.47. The van der Waals surface area contributed by atoms with E-state index in [4.69, 9.17) is 14.2 Å². The molecule has 0 spiro atoms. The van der Waals surface area contributed by atoms with Crippen molar-refractivity contribution in [2.75, 3.05) is 7.11 Å². The molecule has 25 heavy (non-hydrogen) atoms. The lowest BCUT2D eigenvalue weighted by molar-refractivity contribution is -0.145. The Balaban J connectivity index is 3.49. The number of benzene rings is 1. The van der Waals surface area contributed by atoms with Crippen LogP contribution in [-0.4, -0.2) is 25.0 Å². The van der Waals surface area contributed by atoms with Crippen LogP contribution < -0.4 is 9.47 Å². The number of hydrogen-bond acceptors (Lipinski definition) is 6. The summed E-state index contributed by atoms with van der Waals surface area (Å²) in [6.45, 7) is 11.8. The second kappa shape index (κ2) is 7.25. The van der Waals surface area contributed by atoms with E-state index in [2.05, 4.69) is 0 Å². The van der Waals surface area contributed by atoms with Crippen molar-refractivity contribution < 1.29 is 28.6 Å². The van der Waals surface area contributed by atoms with Gasteiger partial charge in [0, 0.05) is 0 Å². The molecule has 1 aromatic rings. The van der Waals surface area contributed by atoms with Gasteiger partial charge in [-0.25, -0.2) is 4.79 Å². The van der Waals surface area contributed by atoms with Crippen molar-refractivity contribution in [3.05, 3.63) is 23.3 Å². The van der Waals surface area contributed by atoms with Crippen LogP contribution in [0.3, 0.4) is 0 Å². The van der Waals surface area contributed by atoms with E-state index in [0.717, 1.165) is 0 Å². The summed E-state index contributed by atoms with van der Waals surface area (Å²) in [5.41, 5.74) is -0.970. The van der Waals surface area contributed by atoms with Crippen molar-refractivity contribution in [3.63, 3.8) is 0 Å². The molecule has 1 rings (SSSR count). The molecule has 6 nitrogen and oxygen atoms in total. The maximum Gasteiger partial charge on any atom is 0.342 e. The maximum absolute atomic E-state index is 12.3. The zero-order valence-corrected chi connectivity index (χ0v) is 16.1. The van der Waals surface area contributed by atoms with Crippen LogP contribution in [0.5, 0.6) is 11.5 Å². The van der Waals surface area contributed by atoms with E-state index in [1.54, 1.807) is 54.5 Å². The van der Waals surface area contributed by atoms with Crippen molar-refractivity contribution in [2.45, 2.75) is 48.5 Å². The van der Waals surface area contributed by atoms with Gasteiger partial charge in [-0.3, -0.25) is 9.59 Å². The number of ether oxygens (including phenoxy) is 3. The minimum absolute atomic E-state index is 0.00326. The highest BCUT2D eigenvalue weighted by Gasteiger charge is 2.31. The number of esters is 3. The third-order valence-electron chi connectivity index (χ3n) is 3.34. The summed E-state index contributed by atoms with van der Waals surface area (Å²) in [4.78, 5) is 36.7. The first-order chi connectivity index (χ1) is 11.3. The fourth-order valence-electron chi connectivity index (χ4n) is 1.70. The topological polar surface area (TPSA) is 78.9 Å². The molecule has 0 saturated carbocycles. The Labute approximate surface area is 148 Å². The molecular formula is C19H26O6. The Morgan fingerprint density at radius 1 is 0.840 bits per heavy atom. The Bertz CT molecular complexity index is 689. The van der Waals surface area contributed by atoms with Gasteiger partial charge in [0.05, 0.1) is 17.9 Å². The van der Waals surface area contributed by atoms with Crippen LogP contribution in [0.2, 0.25) is 0 Å². The Kier molecular flexibility index (Phi) is 6.00. The second-order valence-electron chi connectivity index (χ2n) is 7.86. The van der Waals surface area contributed by atoms with Gasteiger partial charge in [0.1, 0.15) is 5.56 Å². The van der Waals surface area contributed by atoms with Crippen LogP contribution in [0.15, 0.2) is 12.1 Å². The minimum atomic E-state index is -0.803. The first-order valence-electron chi connectivity index (χ1n) is 7.95. The molecule has 1 aromatic carbocycles. The molecule has 0 bridgehead atoms. The summed E-state index contributed by atoms with van der Waals surface area (Å²) in [6.07, 6.45) is 0. The van der Waals surface area contributed by atoms with Crippen molar-refractivity contribution in [1.82, 2.24) is 0 Å². The zero-order chi connectivity index (χ0) is 19.6. The molecule has 0 aliphatic carbocycles. The van der Waals surface area contributed by atoms with Gasteiger partial charge in [-0.05, 0) is 60.1 Å². The summed E-state index contributed by atoms with van der Waals surface area (Å²) in [7, 11) is 1.23. The van der Waals surface area contributed by atoms with Crippen LogP contribution in [0.4, 0.5) is 0 Å². The SMILES string of the molecule is COC(=O)c1c(C)ccc(OC(=O)C(C)(C)C)c1OC(=O)C(C)(C)C. The molecule has 0 radical (unpaired) electrons. The molecule has 0 aliphatic rings. The fourth-order valence-corrected chi connectivity index (χ4v) is 1.70. The lowest BCUT2D eigenvalue weighted by Crippen LogP contribution is -2.28. The van der Waals surface area contributed by atoms with E-state index >= 15 is 0 Å². The predicted molar refractivity (Wildman–Crippen MR) is 92.7 cm³/mol. The highest BCUT2D eigenvalue weighted by molar-refractivity contribution is 5.97. The summed E-state index contributed by atoms with van der Waals surface area (Å²) >= 11 is 0. The molecule has 0 amide bonds. The van der Waals surface area contributed by atoms with Gasteiger partial charge in [-0.15, -0.1) is 0 Å². The zero-order valence-electron chi connectivity index (χ0n) is 16.1.